The summed E-state index contributed by atoms with van der Waals surface area (Å²) in [6.45, 7) is 9.72. The molecule has 0 aromatic rings. The molecule has 12 heavy (non-hydrogen) atoms. The van der Waals surface area contributed by atoms with Crippen molar-refractivity contribution in [2.75, 3.05) is 6.61 Å². The van der Waals surface area contributed by atoms with Crippen LogP contribution < -0.4 is 0 Å². The molecule has 0 saturated heterocycles. The van der Waals surface area contributed by atoms with Crippen LogP contribution in [0.15, 0.2) is 36.3 Å². The van der Waals surface area contributed by atoms with Crippen LogP contribution in [0, 0.1) is 0 Å². The van der Waals surface area contributed by atoms with Crippen molar-refractivity contribution in [1.29, 1.82) is 0 Å². The van der Waals surface area contributed by atoms with E-state index in [1.807, 2.05) is 13.0 Å². The van der Waals surface area contributed by atoms with Crippen LogP contribution in [0.1, 0.15) is 6.92 Å². The minimum absolute atomic E-state index is 0.519. The Balaban J connectivity index is 4.02. The SMILES string of the molecule is C=C/C=C(\C=C)SC(=S)OCC. The van der Waals surface area contributed by atoms with Crippen LogP contribution in [-0.4, -0.2) is 11.0 Å². The highest BCUT2D eigenvalue weighted by Gasteiger charge is 1.98. The van der Waals surface area contributed by atoms with E-state index in [4.69, 9.17) is 17.0 Å². The van der Waals surface area contributed by atoms with Gasteiger partial charge >= 0.3 is 0 Å². The molecular weight excluding hydrogens is 188 g/mol. The van der Waals surface area contributed by atoms with Gasteiger partial charge in [0.25, 0.3) is 0 Å². The Morgan fingerprint density at radius 3 is 2.67 bits per heavy atom. The molecule has 0 unspecified atom stereocenters. The zero-order valence-corrected chi connectivity index (χ0v) is 8.71. The summed E-state index contributed by atoms with van der Waals surface area (Å²) in [6.07, 6.45) is 5.25. The van der Waals surface area contributed by atoms with Gasteiger partial charge in [0.05, 0.1) is 6.61 Å². The van der Waals surface area contributed by atoms with Gasteiger partial charge in [0.15, 0.2) is 0 Å². The lowest BCUT2D eigenvalue weighted by Crippen LogP contribution is -1.95. The lowest BCUT2D eigenvalue weighted by atomic mass is 10.5. The summed E-state index contributed by atoms with van der Waals surface area (Å²) in [5.41, 5.74) is 0. The minimum atomic E-state index is 0.519. The molecule has 0 radical (unpaired) electrons. The fourth-order valence-corrected chi connectivity index (χ4v) is 1.53. The topological polar surface area (TPSA) is 9.23 Å². The fraction of sp³-hybridized carbons (Fsp3) is 0.222. The molecule has 1 nitrogen and oxygen atoms in total. The smallest absolute Gasteiger partial charge is 0.224 e. The Labute approximate surface area is 83.2 Å². The second-order valence-electron chi connectivity index (χ2n) is 1.79. The standard InChI is InChI=1S/C9H12OS2/c1-4-7-8(5-2)12-9(11)10-6-3/h4-5,7H,1-2,6H2,3H3/b8-7+. The highest BCUT2D eigenvalue weighted by Crippen LogP contribution is 2.19. The molecule has 0 atom stereocenters. The van der Waals surface area contributed by atoms with Crippen molar-refractivity contribution in [2.24, 2.45) is 0 Å². The van der Waals surface area contributed by atoms with E-state index in [9.17, 15) is 0 Å². The number of rotatable bonds is 4. The van der Waals surface area contributed by atoms with E-state index in [1.54, 1.807) is 12.2 Å². The first kappa shape index (κ1) is 11.5. The van der Waals surface area contributed by atoms with E-state index in [1.165, 1.54) is 11.8 Å². The molecule has 0 N–H and O–H groups in total. The van der Waals surface area contributed by atoms with Gasteiger partial charge in [-0.05, 0) is 37.0 Å². The van der Waals surface area contributed by atoms with Crippen molar-refractivity contribution in [2.45, 2.75) is 6.92 Å². The Morgan fingerprint density at radius 2 is 2.25 bits per heavy atom. The van der Waals surface area contributed by atoms with E-state index in [-0.39, 0.29) is 0 Å². The predicted octanol–water partition coefficient (Wildman–Crippen LogP) is 3.30. The van der Waals surface area contributed by atoms with Crippen LogP contribution in [0.2, 0.25) is 0 Å². The van der Waals surface area contributed by atoms with Crippen LogP contribution in [0.5, 0.6) is 0 Å². The number of allylic oxidation sites excluding steroid dienone is 3. The quantitative estimate of drug-likeness (QED) is 0.509. The molecule has 0 fully saturated rings. The van der Waals surface area contributed by atoms with E-state index in [0.29, 0.717) is 11.0 Å². The summed E-state index contributed by atoms with van der Waals surface area (Å²) in [5.74, 6) is 0. The van der Waals surface area contributed by atoms with Crippen molar-refractivity contribution in [3.8, 4) is 0 Å². The molecule has 66 valence electrons. The van der Waals surface area contributed by atoms with E-state index in [0.717, 1.165) is 4.91 Å². The van der Waals surface area contributed by atoms with Gasteiger partial charge in [-0.25, -0.2) is 0 Å². The second kappa shape index (κ2) is 7.13. The summed E-state index contributed by atoms with van der Waals surface area (Å²) in [4.78, 5) is 0.948. The van der Waals surface area contributed by atoms with Gasteiger partial charge < -0.3 is 4.74 Å². The van der Waals surface area contributed by atoms with Crippen LogP contribution in [0.4, 0.5) is 0 Å². The van der Waals surface area contributed by atoms with Gasteiger partial charge in [-0.3, -0.25) is 0 Å². The van der Waals surface area contributed by atoms with Crippen molar-refractivity contribution in [3.05, 3.63) is 36.3 Å². The third-order valence-corrected chi connectivity index (χ3v) is 2.14. The normalized spacial score (nSPS) is 10.6. The number of hydrogen-bond acceptors (Lipinski definition) is 3. The number of ether oxygens (including phenoxy) is 1. The molecule has 0 bridgehead atoms. The second-order valence-corrected chi connectivity index (χ2v) is 3.47. The van der Waals surface area contributed by atoms with Gasteiger partial charge in [0.2, 0.25) is 4.38 Å². The zero-order valence-electron chi connectivity index (χ0n) is 7.08. The maximum Gasteiger partial charge on any atom is 0.224 e. The third-order valence-electron chi connectivity index (χ3n) is 0.947. The number of thiocarbonyl (C=S) groups is 1. The molecule has 0 saturated carbocycles. The molecule has 3 heteroatoms. The Kier molecular flexibility index (Phi) is 6.81. The van der Waals surface area contributed by atoms with Crippen LogP contribution >= 0.6 is 24.0 Å². The van der Waals surface area contributed by atoms with Gasteiger partial charge in [0, 0.05) is 4.91 Å². The summed E-state index contributed by atoms with van der Waals surface area (Å²) in [5, 5.41) is 0. The lowest BCUT2D eigenvalue weighted by Gasteiger charge is -2.03. The first-order chi connectivity index (χ1) is 5.74. The van der Waals surface area contributed by atoms with Crippen molar-refractivity contribution in [1.82, 2.24) is 0 Å². The highest BCUT2D eigenvalue weighted by molar-refractivity contribution is 8.25. The fourth-order valence-electron chi connectivity index (χ4n) is 0.503. The maximum absolute atomic E-state index is 5.09. The Hall–Kier alpha value is -0.540. The summed E-state index contributed by atoms with van der Waals surface area (Å²) < 4.78 is 5.61. The zero-order chi connectivity index (χ0) is 9.40. The third kappa shape index (κ3) is 5.16. The Morgan fingerprint density at radius 1 is 1.58 bits per heavy atom. The monoisotopic (exact) mass is 200 g/mol. The van der Waals surface area contributed by atoms with Crippen molar-refractivity contribution >= 4 is 28.4 Å². The molecule has 0 aliphatic carbocycles. The van der Waals surface area contributed by atoms with Crippen molar-refractivity contribution < 1.29 is 4.74 Å². The number of hydrogen-bond donors (Lipinski definition) is 0. The molecule has 0 spiro atoms. The van der Waals surface area contributed by atoms with Gasteiger partial charge in [-0.2, -0.15) is 0 Å². The Bertz CT molecular complexity index is 207. The molecule has 0 aromatic carbocycles. The van der Waals surface area contributed by atoms with E-state index >= 15 is 0 Å². The van der Waals surface area contributed by atoms with Crippen molar-refractivity contribution in [3.63, 3.8) is 0 Å². The largest absolute Gasteiger partial charge is 0.479 e. The lowest BCUT2D eigenvalue weighted by molar-refractivity contribution is 0.346. The maximum atomic E-state index is 5.09. The molecular formula is C9H12OS2. The van der Waals surface area contributed by atoms with Gasteiger partial charge in [0.1, 0.15) is 0 Å². The minimum Gasteiger partial charge on any atom is -0.479 e. The van der Waals surface area contributed by atoms with Crippen LogP contribution in [-0.2, 0) is 4.74 Å². The summed E-state index contributed by atoms with van der Waals surface area (Å²) >= 11 is 6.30. The van der Waals surface area contributed by atoms with E-state index in [2.05, 4.69) is 13.2 Å². The van der Waals surface area contributed by atoms with E-state index < -0.39 is 0 Å². The molecule has 0 aliphatic heterocycles. The van der Waals surface area contributed by atoms with Gasteiger partial charge in [-0.15, -0.1) is 0 Å². The predicted molar refractivity (Wildman–Crippen MR) is 60.3 cm³/mol. The number of thioether (sulfide) groups is 1. The molecule has 0 aliphatic rings. The summed E-state index contributed by atoms with van der Waals surface area (Å²) in [7, 11) is 0. The van der Waals surface area contributed by atoms with Crippen LogP contribution in [0.25, 0.3) is 0 Å². The highest BCUT2D eigenvalue weighted by atomic mass is 32.2. The first-order valence-electron chi connectivity index (χ1n) is 3.54. The first-order valence-corrected chi connectivity index (χ1v) is 4.76. The van der Waals surface area contributed by atoms with Crippen LogP contribution in [0.3, 0.4) is 0 Å². The average Bonchev–Trinajstić information content (AvgIpc) is 2.04. The average molecular weight is 200 g/mol. The molecule has 0 aromatic heterocycles. The van der Waals surface area contributed by atoms with Gasteiger partial charge in [-0.1, -0.05) is 25.3 Å². The molecule has 0 heterocycles. The summed E-state index contributed by atoms with van der Waals surface area (Å²) in [6, 6.07) is 0. The molecule has 0 rings (SSSR count). The molecule has 0 amide bonds.